The van der Waals surface area contributed by atoms with Gasteiger partial charge in [0.1, 0.15) is 5.75 Å². The molecule has 2 aromatic rings. The molecule has 0 fully saturated rings. The SMILES string of the molecule is CC(=O)Nc1cc(O)c(Cl)c(C)c1Cl.c1ccc2c(c1)O2. The molecular formula is C15H13Cl2NO3. The number of aromatic hydroxyl groups is 1. The number of para-hydroxylation sites is 2. The normalized spacial score (nSPS) is 10.7. The van der Waals surface area contributed by atoms with Crippen LogP contribution in [0.2, 0.25) is 10.0 Å². The van der Waals surface area contributed by atoms with Gasteiger partial charge in [0, 0.05) is 13.0 Å². The summed E-state index contributed by atoms with van der Waals surface area (Å²) >= 11 is 11.6. The molecule has 0 saturated carbocycles. The van der Waals surface area contributed by atoms with E-state index in [4.69, 9.17) is 27.9 Å². The molecular weight excluding hydrogens is 313 g/mol. The van der Waals surface area contributed by atoms with E-state index >= 15 is 0 Å². The zero-order chi connectivity index (χ0) is 15.6. The molecule has 0 saturated heterocycles. The van der Waals surface area contributed by atoms with E-state index in [1.165, 1.54) is 13.0 Å². The van der Waals surface area contributed by atoms with Crippen LogP contribution in [0.25, 0.3) is 0 Å². The summed E-state index contributed by atoms with van der Waals surface area (Å²) < 4.78 is 4.94. The van der Waals surface area contributed by atoms with Gasteiger partial charge in [0.05, 0.1) is 15.7 Å². The summed E-state index contributed by atoms with van der Waals surface area (Å²) in [5, 5.41) is 12.4. The molecule has 0 spiro atoms. The zero-order valence-corrected chi connectivity index (χ0v) is 12.9. The number of rotatable bonds is 1. The van der Waals surface area contributed by atoms with Crippen LogP contribution in [0.15, 0.2) is 30.3 Å². The minimum Gasteiger partial charge on any atom is -0.506 e. The topological polar surface area (TPSA) is 61.9 Å². The highest BCUT2D eigenvalue weighted by Gasteiger charge is 2.15. The minimum absolute atomic E-state index is 0.0997. The number of hydrogen-bond donors (Lipinski definition) is 2. The molecule has 110 valence electrons. The largest absolute Gasteiger partial charge is 0.506 e. The number of anilines is 1. The Labute approximate surface area is 132 Å². The molecule has 0 aromatic heterocycles. The number of benzene rings is 2. The highest BCUT2D eigenvalue weighted by Crippen LogP contribution is 2.43. The van der Waals surface area contributed by atoms with Gasteiger partial charge >= 0.3 is 0 Å². The second kappa shape index (κ2) is 6.24. The van der Waals surface area contributed by atoms with Crippen LogP contribution in [0, 0.1) is 6.92 Å². The smallest absolute Gasteiger partial charge is 0.221 e. The van der Waals surface area contributed by atoms with Gasteiger partial charge in [0.15, 0.2) is 11.5 Å². The number of ether oxygens (including phenoxy) is 1. The number of nitrogens with one attached hydrogen (secondary N) is 1. The summed E-state index contributed by atoms with van der Waals surface area (Å²) in [5.41, 5.74) is 0.899. The van der Waals surface area contributed by atoms with Crippen molar-refractivity contribution < 1.29 is 14.6 Å². The van der Waals surface area contributed by atoms with Crippen molar-refractivity contribution in [2.24, 2.45) is 0 Å². The van der Waals surface area contributed by atoms with Gasteiger partial charge in [-0.25, -0.2) is 0 Å². The van der Waals surface area contributed by atoms with Gasteiger partial charge < -0.3 is 15.2 Å². The van der Waals surface area contributed by atoms with E-state index in [1.807, 2.05) is 24.3 Å². The first kappa shape index (κ1) is 15.5. The summed E-state index contributed by atoms with van der Waals surface area (Å²) in [7, 11) is 0. The molecule has 2 N–H and O–H groups in total. The molecule has 0 radical (unpaired) electrons. The maximum atomic E-state index is 10.8. The van der Waals surface area contributed by atoms with E-state index in [0.717, 1.165) is 11.5 Å². The van der Waals surface area contributed by atoms with E-state index in [1.54, 1.807) is 6.92 Å². The van der Waals surface area contributed by atoms with Crippen LogP contribution in [-0.2, 0) is 4.79 Å². The molecule has 2 aromatic carbocycles. The number of phenols is 1. The lowest BCUT2D eigenvalue weighted by molar-refractivity contribution is -0.114. The molecule has 1 aliphatic heterocycles. The molecule has 3 rings (SSSR count). The van der Waals surface area contributed by atoms with Gasteiger partial charge in [-0.05, 0) is 24.6 Å². The summed E-state index contributed by atoms with van der Waals surface area (Å²) in [4.78, 5) is 10.8. The molecule has 1 heterocycles. The Morgan fingerprint density at radius 3 is 2.24 bits per heavy atom. The number of phenolic OH excluding ortho intramolecular Hbond substituents is 1. The van der Waals surface area contributed by atoms with Gasteiger partial charge in [-0.15, -0.1) is 0 Å². The Morgan fingerprint density at radius 1 is 1.19 bits per heavy atom. The van der Waals surface area contributed by atoms with Gasteiger partial charge in [-0.3, -0.25) is 4.79 Å². The second-order valence-electron chi connectivity index (χ2n) is 4.43. The van der Waals surface area contributed by atoms with Crippen LogP contribution in [0.3, 0.4) is 0 Å². The molecule has 0 aliphatic carbocycles. The summed E-state index contributed by atoms with van der Waals surface area (Å²) in [6, 6.07) is 9.15. The van der Waals surface area contributed by atoms with Gasteiger partial charge in [0.25, 0.3) is 0 Å². The van der Waals surface area contributed by atoms with Crippen molar-refractivity contribution in [2.75, 3.05) is 5.32 Å². The number of fused-ring (bicyclic) bond motifs is 1. The maximum absolute atomic E-state index is 10.8. The first-order valence-corrected chi connectivity index (χ1v) is 6.87. The lowest BCUT2D eigenvalue weighted by Gasteiger charge is -2.10. The van der Waals surface area contributed by atoms with E-state index < -0.39 is 0 Å². The van der Waals surface area contributed by atoms with Crippen LogP contribution in [-0.4, -0.2) is 11.0 Å². The maximum Gasteiger partial charge on any atom is 0.221 e. The Kier molecular flexibility index (Phi) is 4.60. The van der Waals surface area contributed by atoms with Crippen molar-refractivity contribution in [1.82, 2.24) is 0 Å². The molecule has 0 bridgehead atoms. The van der Waals surface area contributed by atoms with E-state index in [0.29, 0.717) is 16.3 Å². The van der Waals surface area contributed by atoms with Crippen molar-refractivity contribution in [3.63, 3.8) is 0 Å². The third-order valence-corrected chi connectivity index (χ3v) is 3.70. The fourth-order valence-electron chi connectivity index (χ4n) is 1.65. The van der Waals surface area contributed by atoms with Gasteiger partial charge in [-0.2, -0.15) is 0 Å². The average molecular weight is 326 g/mol. The fraction of sp³-hybridized carbons (Fsp3) is 0.133. The minimum atomic E-state index is -0.256. The summed E-state index contributed by atoms with van der Waals surface area (Å²) in [6.07, 6.45) is 0. The third kappa shape index (κ3) is 3.80. The molecule has 0 unspecified atom stereocenters. The predicted molar refractivity (Wildman–Crippen MR) is 83.7 cm³/mol. The third-order valence-electron chi connectivity index (χ3n) is 2.74. The Bertz CT molecular complexity index is 681. The standard InChI is InChI=1S/C9H9Cl2NO2.C6H4O/c1-4-8(10)6(12-5(2)13)3-7(14)9(4)11;1-2-4-6-5(3-1)7-6/h3,14H,1-2H3,(H,12,13);1-4H. The van der Waals surface area contributed by atoms with E-state index in [9.17, 15) is 9.90 Å². The molecule has 21 heavy (non-hydrogen) atoms. The number of carbonyl (C=O) groups excluding carboxylic acids is 1. The Hall–Kier alpha value is -1.91. The first-order chi connectivity index (χ1) is 9.90. The molecule has 4 nitrogen and oxygen atoms in total. The molecule has 1 aliphatic rings. The number of halogens is 2. The first-order valence-electron chi connectivity index (χ1n) is 6.12. The predicted octanol–water partition coefficient (Wildman–Crippen LogP) is 4.76. The van der Waals surface area contributed by atoms with Crippen molar-refractivity contribution in [2.45, 2.75) is 13.8 Å². The Balaban J connectivity index is 0.000000189. The van der Waals surface area contributed by atoms with E-state index in [-0.39, 0.29) is 16.7 Å². The van der Waals surface area contributed by atoms with Crippen LogP contribution in [0.1, 0.15) is 12.5 Å². The van der Waals surface area contributed by atoms with Crippen LogP contribution in [0.5, 0.6) is 17.2 Å². The highest BCUT2D eigenvalue weighted by atomic mass is 35.5. The Morgan fingerprint density at radius 2 is 1.76 bits per heavy atom. The highest BCUT2D eigenvalue weighted by molar-refractivity contribution is 6.38. The number of hydrogen-bond acceptors (Lipinski definition) is 3. The average Bonchev–Trinajstić information content (AvgIpc) is 3.22. The number of amides is 1. The van der Waals surface area contributed by atoms with Crippen molar-refractivity contribution in [3.8, 4) is 17.2 Å². The fourth-order valence-corrected chi connectivity index (χ4v) is 2.04. The molecule has 1 amide bonds. The lowest BCUT2D eigenvalue weighted by Crippen LogP contribution is -2.06. The molecule has 0 atom stereocenters. The van der Waals surface area contributed by atoms with Gasteiger partial charge in [0.2, 0.25) is 5.91 Å². The quantitative estimate of drug-likeness (QED) is 0.634. The van der Waals surface area contributed by atoms with Crippen molar-refractivity contribution in [3.05, 3.63) is 45.9 Å². The summed E-state index contributed by atoms with van der Waals surface area (Å²) in [6.45, 7) is 3.02. The molecule has 6 heteroatoms. The van der Waals surface area contributed by atoms with Crippen LogP contribution in [0.4, 0.5) is 5.69 Å². The van der Waals surface area contributed by atoms with E-state index in [2.05, 4.69) is 5.32 Å². The monoisotopic (exact) mass is 325 g/mol. The van der Waals surface area contributed by atoms with Gasteiger partial charge in [-0.1, -0.05) is 35.3 Å². The summed E-state index contributed by atoms with van der Waals surface area (Å²) in [5.74, 6) is 1.70. The second-order valence-corrected chi connectivity index (χ2v) is 5.18. The van der Waals surface area contributed by atoms with Crippen LogP contribution >= 0.6 is 23.2 Å². The zero-order valence-electron chi connectivity index (χ0n) is 11.4. The lowest BCUT2D eigenvalue weighted by atomic mass is 10.2. The van der Waals surface area contributed by atoms with Crippen LogP contribution < -0.4 is 10.1 Å². The van der Waals surface area contributed by atoms with Crippen molar-refractivity contribution >= 4 is 34.8 Å². The van der Waals surface area contributed by atoms with Crippen molar-refractivity contribution in [1.29, 1.82) is 0 Å². The number of carbonyl (C=O) groups is 1.